The summed E-state index contributed by atoms with van der Waals surface area (Å²) < 4.78 is 89.5. The molecule has 0 spiro atoms. The lowest BCUT2D eigenvalue weighted by Crippen LogP contribution is -2.43. The molecule has 0 unspecified atom stereocenters. The van der Waals surface area contributed by atoms with Crippen LogP contribution in [0.4, 0.5) is 26.3 Å². The molecule has 10 heteroatoms. The Morgan fingerprint density at radius 3 is 2.11 bits per heavy atom. The van der Waals surface area contributed by atoms with Gasteiger partial charge in [0.05, 0.1) is 30.3 Å². The molecule has 0 amide bonds. The predicted octanol–water partition coefficient (Wildman–Crippen LogP) is 6.61. The summed E-state index contributed by atoms with van der Waals surface area (Å²) in [5.41, 5.74) is -2.20. The van der Waals surface area contributed by atoms with Crippen molar-refractivity contribution in [3.05, 3.63) is 70.3 Å². The van der Waals surface area contributed by atoms with Crippen LogP contribution in [-0.2, 0) is 33.2 Å². The summed E-state index contributed by atoms with van der Waals surface area (Å²) in [5, 5.41) is 3.36. The first-order valence-electron chi connectivity index (χ1n) is 11.5. The second kappa shape index (κ2) is 10.8. The molecule has 1 N–H and O–H groups in total. The number of rotatable bonds is 7. The highest BCUT2D eigenvalue weighted by molar-refractivity contribution is 5.74. The Bertz CT molecular complexity index is 1010. The quantitative estimate of drug-likeness (QED) is 0.332. The van der Waals surface area contributed by atoms with Crippen molar-refractivity contribution in [2.24, 2.45) is 5.92 Å². The molecule has 0 radical (unpaired) electrons. The average molecular weight is 518 g/mol. The number of carbonyl (C=O) groups excluding carboxylic acids is 1. The van der Waals surface area contributed by atoms with Crippen LogP contribution >= 0.6 is 0 Å². The molecular formula is C26H29F6NO3. The largest absolute Gasteiger partial charge is 0.457 e. The van der Waals surface area contributed by atoms with E-state index in [1.807, 2.05) is 31.2 Å². The number of piperidine rings is 1. The molecule has 0 saturated carbocycles. The SMILES string of the molecule is Cc1ccc([C@H]2NCCC[C@H]2C(=O)OC(C)(C)COCc2cc(C(F)(F)F)cc(C(F)(F)F)c2)cc1. The van der Waals surface area contributed by atoms with Crippen LogP contribution in [-0.4, -0.2) is 24.7 Å². The molecule has 198 valence electrons. The van der Waals surface area contributed by atoms with E-state index >= 15 is 0 Å². The molecule has 1 aliphatic heterocycles. The van der Waals surface area contributed by atoms with E-state index in [0.717, 1.165) is 24.1 Å². The first kappa shape index (κ1) is 28.0. The molecule has 2 aromatic carbocycles. The summed E-state index contributed by atoms with van der Waals surface area (Å²) in [6, 6.07) is 8.91. The summed E-state index contributed by atoms with van der Waals surface area (Å²) >= 11 is 0. The number of ether oxygens (including phenoxy) is 2. The third-order valence-electron chi connectivity index (χ3n) is 5.94. The normalized spacial score (nSPS) is 19.2. The van der Waals surface area contributed by atoms with Gasteiger partial charge in [0, 0.05) is 6.04 Å². The molecule has 1 aliphatic rings. The maximum Gasteiger partial charge on any atom is 0.416 e. The maximum atomic E-state index is 13.1. The van der Waals surface area contributed by atoms with Gasteiger partial charge in [-0.05, 0) is 69.5 Å². The van der Waals surface area contributed by atoms with E-state index < -0.39 is 47.6 Å². The summed E-state index contributed by atoms with van der Waals surface area (Å²) in [6.45, 7) is 5.16. The van der Waals surface area contributed by atoms with Gasteiger partial charge >= 0.3 is 18.3 Å². The van der Waals surface area contributed by atoms with E-state index in [0.29, 0.717) is 18.6 Å². The van der Waals surface area contributed by atoms with E-state index in [1.165, 1.54) is 0 Å². The minimum Gasteiger partial charge on any atom is -0.457 e. The summed E-state index contributed by atoms with van der Waals surface area (Å²) in [5.74, 6) is -0.890. The maximum absolute atomic E-state index is 13.1. The van der Waals surface area contributed by atoms with Crippen molar-refractivity contribution in [2.45, 2.75) is 64.2 Å². The highest BCUT2D eigenvalue weighted by Gasteiger charge is 2.38. The molecule has 3 rings (SSSR count). The molecule has 4 nitrogen and oxygen atoms in total. The second-order valence-electron chi connectivity index (χ2n) is 9.68. The van der Waals surface area contributed by atoms with Gasteiger partial charge in [0.2, 0.25) is 0 Å². The highest BCUT2D eigenvalue weighted by Crippen LogP contribution is 2.37. The van der Waals surface area contributed by atoms with Crippen molar-refractivity contribution in [1.29, 1.82) is 0 Å². The topological polar surface area (TPSA) is 47.6 Å². The number of aryl methyl sites for hydroxylation is 1. The van der Waals surface area contributed by atoms with Gasteiger partial charge in [0.15, 0.2) is 0 Å². The minimum absolute atomic E-state index is 0.0674. The van der Waals surface area contributed by atoms with E-state index in [-0.39, 0.29) is 24.3 Å². The Morgan fingerprint density at radius 2 is 1.56 bits per heavy atom. The Morgan fingerprint density at radius 1 is 0.972 bits per heavy atom. The van der Waals surface area contributed by atoms with Crippen LogP contribution in [0.2, 0.25) is 0 Å². The number of carbonyl (C=O) groups is 1. The lowest BCUT2D eigenvalue weighted by atomic mass is 9.86. The van der Waals surface area contributed by atoms with E-state index in [1.54, 1.807) is 13.8 Å². The van der Waals surface area contributed by atoms with Crippen LogP contribution in [0.5, 0.6) is 0 Å². The first-order chi connectivity index (χ1) is 16.7. The van der Waals surface area contributed by atoms with Gasteiger partial charge < -0.3 is 14.8 Å². The summed E-state index contributed by atoms with van der Waals surface area (Å²) in [4.78, 5) is 13.0. The van der Waals surface area contributed by atoms with Crippen LogP contribution in [0.15, 0.2) is 42.5 Å². The second-order valence-corrected chi connectivity index (χ2v) is 9.68. The molecule has 0 bridgehead atoms. The molecule has 2 aromatic rings. The standard InChI is InChI=1S/C26H29F6NO3/c1-16-6-8-18(9-7-16)22-21(5-4-10-33-22)23(34)36-24(2,3)15-35-14-17-11-19(25(27,28)29)13-20(12-17)26(30,31)32/h6-9,11-13,21-22,33H,4-5,10,14-15H2,1-3H3/t21-,22-/m1/s1. The van der Waals surface area contributed by atoms with Gasteiger partial charge in [0.25, 0.3) is 0 Å². The Kier molecular flexibility index (Phi) is 8.40. The molecule has 1 heterocycles. The summed E-state index contributed by atoms with van der Waals surface area (Å²) in [7, 11) is 0. The van der Waals surface area contributed by atoms with Crippen molar-refractivity contribution in [2.75, 3.05) is 13.2 Å². The fourth-order valence-corrected chi connectivity index (χ4v) is 4.16. The van der Waals surface area contributed by atoms with Crippen molar-refractivity contribution in [3.8, 4) is 0 Å². The molecule has 0 aromatic heterocycles. The van der Waals surface area contributed by atoms with Gasteiger partial charge in [0.1, 0.15) is 5.60 Å². The number of hydrogen-bond acceptors (Lipinski definition) is 4. The van der Waals surface area contributed by atoms with Gasteiger partial charge in [-0.25, -0.2) is 0 Å². The van der Waals surface area contributed by atoms with Crippen LogP contribution in [0, 0.1) is 12.8 Å². The van der Waals surface area contributed by atoms with Gasteiger partial charge in [-0.15, -0.1) is 0 Å². The zero-order valence-corrected chi connectivity index (χ0v) is 20.2. The fraction of sp³-hybridized carbons (Fsp3) is 0.500. The van der Waals surface area contributed by atoms with E-state index in [9.17, 15) is 31.1 Å². The zero-order chi connectivity index (χ0) is 26.7. The molecular weight excluding hydrogens is 488 g/mol. The third-order valence-corrected chi connectivity index (χ3v) is 5.94. The third kappa shape index (κ3) is 7.46. The number of benzene rings is 2. The number of esters is 1. The smallest absolute Gasteiger partial charge is 0.416 e. The zero-order valence-electron chi connectivity index (χ0n) is 20.2. The van der Waals surface area contributed by atoms with Crippen molar-refractivity contribution in [1.82, 2.24) is 5.32 Å². The number of halogens is 6. The van der Waals surface area contributed by atoms with Gasteiger partial charge in [-0.3, -0.25) is 4.79 Å². The van der Waals surface area contributed by atoms with E-state index in [2.05, 4.69) is 5.32 Å². The minimum atomic E-state index is -4.94. The first-order valence-corrected chi connectivity index (χ1v) is 11.5. The molecule has 0 aliphatic carbocycles. The van der Waals surface area contributed by atoms with Crippen molar-refractivity contribution < 1.29 is 40.6 Å². The number of alkyl halides is 6. The van der Waals surface area contributed by atoms with Crippen molar-refractivity contribution in [3.63, 3.8) is 0 Å². The van der Waals surface area contributed by atoms with Crippen LogP contribution in [0.3, 0.4) is 0 Å². The van der Waals surface area contributed by atoms with Crippen LogP contribution < -0.4 is 5.32 Å². The Balaban J connectivity index is 1.65. The lowest BCUT2D eigenvalue weighted by Gasteiger charge is -2.34. The molecule has 1 saturated heterocycles. The monoisotopic (exact) mass is 517 g/mol. The highest BCUT2D eigenvalue weighted by atomic mass is 19.4. The average Bonchev–Trinajstić information content (AvgIpc) is 2.78. The fourth-order valence-electron chi connectivity index (χ4n) is 4.16. The Hall–Kier alpha value is -2.59. The summed E-state index contributed by atoms with van der Waals surface area (Å²) in [6.07, 6.45) is -8.47. The molecule has 2 atom stereocenters. The lowest BCUT2D eigenvalue weighted by molar-refractivity contribution is -0.170. The molecule has 1 fully saturated rings. The molecule has 36 heavy (non-hydrogen) atoms. The predicted molar refractivity (Wildman–Crippen MR) is 121 cm³/mol. The van der Waals surface area contributed by atoms with Crippen LogP contribution in [0.25, 0.3) is 0 Å². The van der Waals surface area contributed by atoms with Gasteiger partial charge in [-0.1, -0.05) is 29.8 Å². The Labute approximate surface area is 206 Å². The number of nitrogens with one attached hydrogen (secondary N) is 1. The van der Waals surface area contributed by atoms with Crippen LogP contribution in [0.1, 0.15) is 60.5 Å². The van der Waals surface area contributed by atoms with Crippen molar-refractivity contribution >= 4 is 5.97 Å². The van der Waals surface area contributed by atoms with Gasteiger partial charge in [-0.2, -0.15) is 26.3 Å². The van der Waals surface area contributed by atoms with E-state index in [4.69, 9.17) is 9.47 Å². The number of hydrogen-bond donors (Lipinski definition) is 1.